The van der Waals surface area contributed by atoms with E-state index in [1.165, 1.54) is 5.56 Å². The van der Waals surface area contributed by atoms with Crippen molar-refractivity contribution in [3.8, 4) is 5.69 Å². The number of aryl methyl sites for hydroxylation is 1. The molecule has 0 aliphatic carbocycles. The van der Waals surface area contributed by atoms with E-state index in [2.05, 4.69) is 76.6 Å². The Hall–Kier alpha value is -1.27. The Morgan fingerprint density at radius 3 is 2.65 bits per heavy atom. The van der Waals surface area contributed by atoms with E-state index in [9.17, 15) is 0 Å². The highest BCUT2D eigenvalue weighted by molar-refractivity contribution is 9.10. The fourth-order valence-corrected chi connectivity index (χ4v) is 2.59. The molecule has 1 N–H and O–H groups in total. The lowest BCUT2D eigenvalue weighted by atomic mass is 10.2. The summed E-state index contributed by atoms with van der Waals surface area (Å²) in [6.45, 7) is 9.43. The number of tetrazole rings is 1. The Balaban J connectivity index is 2.27. The maximum atomic E-state index is 4.15. The van der Waals surface area contributed by atoms with Crippen molar-refractivity contribution >= 4 is 15.9 Å². The molecule has 0 spiro atoms. The maximum absolute atomic E-state index is 4.15. The van der Waals surface area contributed by atoms with Crippen LogP contribution in [0.2, 0.25) is 0 Å². The molecule has 2 rings (SSSR count). The van der Waals surface area contributed by atoms with Crippen LogP contribution in [0.1, 0.15) is 38.2 Å². The minimum Gasteiger partial charge on any atom is -0.307 e. The molecule has 1 aromatic heterocycles. The smallest absolute Gasteiger partial charge is 0.173 e. The van der Waals surface area contributed by atoms with Crippen molar-refractivity contribution in [1.29, 1.82) is 0 Å². The lowest BCUT2D eigenvalue weighted by molar-refractivity contribution is 0.475. The van der Waals surface area contributed by atoms with Crippen molar-refractivity contribution in [3.05, 3.63) is 34.1 Å². The number of rotatable bonds is 5. The number of halogens is 1. The molecule has 6 heteroatoms. The summed E-state index contributed by atoms with van der Waals surface area (Å²) in [5, 5.41) is 15.5. The Labute approximate surface area is 127 Å². The first-order valence-corrected chi connectivity index (χ1v) is 7.56. The van der Waals surface area contributed by atoms with Gasteiger partial charge in [-0.05, 0) is 60.5 Å². The third-order valence-electron chi connectivity index (χ3n) is 2.98. The molecule has 108 valence electrons. The summed E-state index contributed by atoms with van der Waals surface area (Å²) in [6.07, 6.45) is 0. The normalized spacial score (nSPS) is 12.9. The first kappa shape index (κ1) is 15.1. The summed E-state index contributed by atoms with van der Waals surface area (Å²) in [6, 6.07) is 6.25. The van der Waals surface area contributed by atoms with Crippen LogP contribution in [0.15, 0.2) is 22.7 Å². The first-order chi connectivity index (χ1) is 9.47. The fraction of sp³-hybridized carbons (Fsp3) is 0.500. The van der Waals surface area contributed by atoms with Crippen LogP contribution < -0.4 is 5.32 Å². The second kappa shape index (κ2) is 6.45. The minimum absolute atomic E-state index is 0.103. The van der Waals surface area contributed by atoms with Gasteiger partial charge < -0.3 is 5.32 Å². The number of hydrogen-bond donors (Lipinski definition) is 1. The van der Waals surface area contributed by atoms with Gasteiger partial charge in [-0.15, -0.1) is 5.10 Å². The van der Waals surface area contributed by atoms with Gasteiger partial charge in [-0.1, -0.05) is 29.8 Å². The summed E-state index contributed by atoms with van der Waals surface area (Å²) in [5.74, 6) is 1.41. The fourth-order valence-electron chi connectivity index (χ4n) is 1.99. The lowest BCUT2D eigenvalue weighted by Gasteiger charge is -2.15. The highest BCUT2D eigenvalue weighted by Crippen LogP contribution is 2.20. The maximum Gasteiger partial charge on any atom is 0.173 e. The lowest BCUT2D eigenvalue weighted by Crippen LogP contribution is -2.25. The van der Waals surface area contributed by atoms with Crippen LogP contribution in [0.3, 0.4) is 0 Å². The van der Waals surface area contributed by atoms with Crippen LogP contribution in [-0.2, 0) is 0 Å². The number of nitrogens with zero attached hydrogens (tertiary/aromatic N) is 4. The third-order valence-corrected chi connectivity index (χ3v) is 3.44. The van der Waals surface area contributed by atoms with Crippen LogP contribution in [0.4, 0.5) is 0 Å². The van der Waals surface area contributed by atoms with Gasteiger partial charge in [0.15, 0.2) is 5.82 Å². The van der Waals surface area contributed by atoms with Crippen molar-refractivity contribution in [2.24, 2.45) is 5.92 Å². The van der Waals surface area contributed by atoms with Crippen LogP contribution in [-0.4, -0.2) is 26.8 Å². The predicted molar refractivity (Wildman–Crippen MR) is 82.8 cm³/mol. The summed E-state index contributed by atoms with van der Waals surface area (Å²) >= 11 is 3.51. The van der Waals surface area contributed by atoms with Gasteiger partial charge in [-0.25, -0.2) is 0 Å². The topological polar surface area (TPSA) is 55.6 Å². The number of aromatic nitrogens is 4. The van der Waals surface area contributed by atoms with Gasteiger partial charge >= 0.3 is 0 Å². The van der Waals surface area contributed by atoms with E-state index in [1.807, 2.05) is 6.07 Å². The minimum atomic E-state index is 0.103. The third kappa shape index (κ3) is 3.64. The van der Waals surface area contributed by atoms with E-state index >= 15 is 0 Å². The molecule has 20 heavy (non-hydrogen) atoms. The first-order valence-electron chi connectivity index (χ1n) is 6.76. The van der Waals surface area contributed by atoms with E-state index in [-0.39, 0.29) is 6.04 Å². The Morgan fingerprint density at radius 1 is 1.25 bits per heavy atom. The van der Waals surface area contributed by atoms with Gasteiger partial charge in [0, 0.05) is 4.47 Å². The molecule has 0 aliphatic rings. The molecule has 0 bridgehead atoms. The summed E-state index contributed by atoms with van der Waals surface area (Å²) in [7, 11) is 0. The predicted octanol–water partition coefficient (Wildman–Crippen LogP) is 3.04. The molecule has 2 aromatic rings. The zero-order chi connectivity index (χ0) is 14.7. The molecule has 0 saturated heterocycles. The number of hydrogen-bond acceptors (Lipinski definition) is 4. The van der Waals surface area contributed by atoms with Crippen LogP contribution in [0.25, 0.3) is 5.69 Å². The largest absolute Gasteiger partial charge is 0.307 e. The van der Waals surface area contributed by atoms with Crippen molar-refractivity contribution in [2.45, 2.75) is 33.7 Å². The second-order valence-corrected chi connectivity index (χ2v) is 6.38. The number of benzene rings is 1. The van der Waals surface area contributed by atoms with Crippen molar-refractivity contribution in [3.63, 3.8) is 0 Å². The van der Waals surface area contributed by atoms with Crippen LogP contribution in [0.5, 0.6) is 0 Å². The average molecular weight is 338 g/mol. The Morgan fingerprint density at radius 2 is 2.00 bits per heavy atom. The SMILES string of the molecule is Cc1cc(Br)cc(-n2nnnc2C(C)NCC(C)C)c1. The van der Waals surface area contributed by atoms with E-state index in [4.69, 9.17) is 0 Å². The highest BCUT2D eigenvalue weighted by atomic mass is 79.9. The van der Waals surface area contributed by atoms with Gasteiger partial charge in [0.25, 0.3) is 0 Å². The average Bonchev–Trinajstić information content (AvgIpc) is 2.83. The molecule has 1 heterocycles. The molecular formula is C14H20BrN5. The molecule has 0 aliphatic heterocycles. The highest BCUT2D eigenvalue weighted by Gasteiger charge is 2.16. The molecule has 1 unspecified atom stereocenters. The van der Waals surface area contributed by atoms with E-state index < -0.39 is 0 Å². The van der Waals surface area contributed by atoms with Crippen LogP contribution in [0, 0.1) is 12.8 Å². The quantitative estimate of drug-likeness (QED) is 0.910. The van der Waals surface area contributed by atoms with Gasteiger partial charge in [0.1, 0.15) is 0 Å². The molecule has 1 atom stereocenters. The Kier molecular flexibility index (Phi) is 4.88. The molecule has 0 radical (unpaired) electrons. The standard InChI is InChI=1S/C14H20BrN5/c1-9(2)8-16-11(4)14-17-18-19-20(14)13-6-10(3)5-12(15)7-13/h5-7,9,11,16H,8H2,1-4H3. The van der Waals surface area contributed by atoms with E-state index in [0.29, 0.717) is 5.92 Å². The van der Waals surface area contributed by atoms with E-state index in [1.54, 1.807) is 4.68 Å². The molecule has 1 aromatic carbocycles. The van der Waals surface area contributed by atoms with Gasteiger partial charge in [-0.2, -0.15) is 4.68 Å². The zero-order valence-corrected chi connectivity index (χ0v) is 13.8. The van der Waals surface area contributed by atoms with Crippen molar-refractivity contribution in [2.75, 3.05) is 6.54 Å². The van der Waals surface area contributed by atoms with Crippen molar-refractivity contribution < 1.29 is 0 Å². The monoisotopic (exact) mass is 337 g/mol. The van der Waals surface area contributed by atoms with E-state index in [0.717, 1.165) is 22.5 Å². The Bertz CT molecular complexity index is 558. The molecule has 0 fully saturated rings. The van der Waals surface area contributed by atoms with Gasteiger partial charge in [0.05, 0.1) is 11.7 Å². The zero-order valence-electron chi connectivity index (χ0n) is 12.3. The molecular weight excluding hydrogens is 318 g/mol. The second-order valence-electron chi connectivity index (χ2n) is 5.46. The summed E-state index contributed by atoms with van der Waals surface area (Å²) in [5.41, 5.74) is 2.13. The number of nitrogens with one attached hydrogen (secondary N) is 1. The van der Waals surface area contributed by atoms with Gasteiger partial charge in [0.2, 0.25) is 0 Å². The molecule has 5 nitrogen and oxygen atoms in total. The van der Waals surface area contributed by atoms with Gasteiger partial charge in [-0.3, -0.25) is 0 Å². The van der Waals surface area contributed by atoms with Crippen molar-refractivity contribution in [1.82, 2.24) is 25.5 Å². The molecule has 0 saturated carbocycles. The summed E-state index contributed by atoms with van der Waals surface area (Å²) < 4.78 is 2.81. The molecule has 0 amide bonds. The summed E-state index contributed by atoms with van der Waals surface area (Å²) in [4.78, 5) is 0. The van der Waals surface area contributed by atoms with Crippen LogP contribution >= 0.6 is 15.9 Å².